The first-order valence-corrected chi connectivity index (χ1v) is 5.42. The number of hydrogen-bond acceptors (Lipinski definition) is 4. The van der Waals surface area contributed by atoms with Crippen molar-refractivity contribution >= 4 is 17.0 Å². The van der Waals surface area contributed by atoms with Gasteiger partial charge < -0.3 is 14.8 Å². The minimum Gasteiger partial charge on any atom is -0.479 e. The van der Waals surface area contributed by atoms with Gasteiger partial charge in [-0.3, -0.25) is 4.98 Å². The molecule has 0 radical (unpaired) electrons. The number of hydrogen-bond donors (Lipinski definition) is 2. The molecule has 0 aliphatic carbocycles. The Hall–Kier alpha value is -1.95. The first-order chi connectivity index (χ1) is 8.24. The molecule has 17 heavy (non-hydrogen) atoms. The topological polar surface area (TPSA) is 88.1 Å². The molecular weight excluding hydrogens is 222 g/mol. The van der Waals surface area contributed by atoms with Gasteiger partial charge in [0.05, 0.1) is 17.2 Å². The maximum absolute atomic E-state index is 10.8. The third-order valence-electron chi connectivity index (χ3n) is 2.90. The van der Waals surface area contributed by atoms with E-state index < -0.39 is 12.1 Å². The van der Waals surface area contributed by atoms with E-state index in [0.29, 0.717) is 18.7 Å². The van der Waals surface area contributed by atoms with Crippen LogP contribution in [-0.2, 0) is 9.53 Å². The molecule has 6 heteroatoms. The molecule has 2 atom stereocenters. The minimum absolute atomic E-state index is 0.261. The summed E-state index contributed by atoms with van der Waals surface area (Å²) in [5.74, 6) is -0.234. The van der Waals surface area contributed by atoms with Crippen LogP contribution in [0, 0.1) is 0 Å². The van der Waals surface area contributed by atoms with Crippen molar-refractivity contribution in [2.75, 3.05) is 0 Å². The fourth-order valence-electron chi connectivity index (χ4n) is 2.05. The van der Waals surface area contributed by atoms with Crippen molar-refractivity contribution in [1.82, 2.24) is 15.0 Å². The Kier molecular flexibility index (Phi) is 2.29. The van der Waals surface area contributed by atoms with Crippen LogP contribution in [0.15, 0.2) is 18.5 Å². The fraction of sp³-hybridized carbons (Fsp3) is 0.364. The number of carboxylic acid groups (broad SMARTS) is 1. The molecule has 3 heterocycles. The second-order valence-electron chi connectivity index (χ2n) is 4.04. The molecule has 1 aliphatic rings. The van der Waals surface area contributed by atoms with E-state index in [2.05, 4.69) is 15.0 Å². The standard InChI is InChI=1S/C11H11N3O3/c15-11(16)9-2-1-8(17-9)10-13-6-3-4-12-5-7(6)14-10/h3-5,8-9H,1-2H2,(H,13,14)(H,15,16). The highest BCUT2D eigenvalue weighted by atomic mass is 16.5. The van der Waals surface area contributed by atoms with Crippen LogP contribution in [0.1, 0.15) is 24.8 Å². The molecule has 0 saturated carbocycles. The largest absolute Gasteiger partial charge is 0.479 e. The second-order valence-corrected chi connectivity index (χ2v) is 4.04. The van der Waals surface area contributed by atoms with Gasteiger partial charge in [-0.15, -0.1) is 0 Å². The van der Waals surface area contributed by atoms with Gasteiger partial charge in [-0.25, -0.2) is 9.78 Å². The van der Waals surface area contributed by atoms with Gasteiger partial charge in [-0.2, -0.15) is 0 Å². The number of imidazole rings is 1. The van der Waals surface area contributed by atoms with E-state index in [1.807, 2.05) is 0 Å². The van der Waals surface area contributed by atoms with Crippen LogP contribution in [0.25, 0.3) is 11.0 Å². The van der Waals surface area contributed by atoms with Gasteiger partial charge in [0, 0.05) is 6.20 Å². The monoisotopic (exact) mass is 233 g/mol. The number of carboxylic acids is 1. The first-order valence-electron chi connectivity index (χ1n) is 5.42. The zero-order valence-corrected chi connectivity index (χ0v) is 8.96. The summed E-state index contributed by atoms with van der Waals surface area (Å²) in [6.07, 6.45) is 3.58. The van der Waals surface area contributed by atoms with Crippen molar-refractivity contribution in [1.29, 1.82) is 0 Å². The highest BCUT2D eigenvalue weighted by molar-refractivity contribution is 5.74. The minimum atomic E-state index is -0.912. The second kappa shape index (κ2) is 3.81. The molecule has 2 N–H and O–H groups in total. The van der Waals surface area contributed by atoms with Crippen LogP contribution in [0.2, 0.25) is 0 Å². The number of ether oxygens (including phenoxy) is 1. The van der Waals surface area contributed by atoms with Crippen LogP contribution < -0.4 is 0 Å². The molecule has 0 amide bonds. The fourth-order valence-corrected chi connectivity index (χ4v) is 2.05. The van der Waals surface area contributed by atoms with Gasteiger partial charge in [-0.05, 0) is 18.9 Å². The van der Waals surface area contributed by atoms with Crippen LogP contribution >= 0.6 is 0 Å². The highest BCUT2D eigenvalue weighted by Crippen LogP contribution is 2.31. The Morgan fingerprint density at radius 2 is 2.41 bits per heavy atom. The van der Waals surface area contributed by atoms with Crippen LogP contribution in [0.4, 0.5) is 0 Å². The average molecular weight is 233 g/mol. The zero-order chi connectivity index (χ0) is 11.8. The van der Waals surface area contributed by atoms with Crippen LogP contribution in [0.5, 0.6) is 0 Å². The van der Waals surface area contributed by atoms with Crippen LogP contribution in [0.3, 0.4) is 0 Å². The van der Waals surface area contributed by atoms with E-state index in [1.165, 1.54) is 0 Å². The molecule has 0 aromatic carbocycles. The van der Waals surface area contributed by atoms with Gasteiger partial charge in [0.1, 0.15) is 11.9 Å². The predicted molar refractivity (Wildman–Crippen MR) is 58.4 cm³/mol. The Morgan fingerprint density at radius 1 is 1.53 bits per heavy atom. The molecule has 1 saturated heterocycles. The summed E-state index contributed by atoms with van der Waals surface area (Å²) in [6, 6.07) is 1.80. The van der Waals surface area contributed by atoms with E-state index in [0.717, 1.165) is 11.0 Å². The SMILES string of the molecule is O=C(O)C1CCC(c2nc3ccncc3[nH]2)O1. The molecule has 0 spiro atoms. The molecule has 88 valence electrons. The van der Waals surface area contributed by atoms with Crippen molar-refractivity contribution in [3.63, 3.8) is 0 Å². The summed E-state index contributed by atoms with van der Waals surface area (Å²) in [6.45, 7) is 0. The van der Waals surface area contributed by atoms with E-state index >= 15 is 0 Å². The number of H-pyrrole nitrogens is 1. The van der Waals surface area contributed by atoms with Gasteiger partial charge >= 0.3 is 5.97 Å². The van der Waals surface area contributed by atoms with E-state index in [9.17, 15) is 4.79 Å². The smallest absolute Gasteiger partial charge is 0.332 e. The summed E-state index contributed by atoms with van der Waals surface area (Å²) < 4.78 is 5.42. The van der Waals surface area contributed by atoms with Crippen molar-refractivity contribution < 1.29 is 14.6 Å². The third kappa shape index (κ3) is 1.76. The van der Waals surface area contributed by atoms with Gasteiger partial charge in [-0.1, -0.05) is 0 Å². The predicted octanol–water partition coefficient (Wildman–Crippen LogP) is 1.26. The summed E-state index contributed by atoms with van der Waals surface area (Å²) in [7, 11) is 0. The summed E-state index contributed by atoms with van der Waals surface area (Å²) in [4.78, 5) is 22.3. The molecule has 6 nitrogen and oxygen atoms in total. The molecular formula is C11H11N3O3. The Morgan fingerprint density at radius 3 is 3.12 bits per heavy atom. The van der Waals surface area contributed by atoms with E-state index in [-0.39, 0.29) is 6.10 Å². The lowest BCUT2D eigenvalue weighted by Gasteiger charge is -2.07. The number of nitrogens with zero attached hydrogens (tertiary/aromatic N) is 2. The molecule has 2 aromatic rings. The number of rotatable bonds is 2. The Bertz CT molecular complexity index is 533. The molecule has 2 unspecified atom stereocenters. The lowest BCUT2D eigenvalue weighted by Crippen LogP contribution is -2.18. The van der Waals surface area contributed by atoms with Crippen molar-refractivity contribution in [2.24, 2.45) is 0 Å². The normalized spacial score (nSPS) is 24.2. The number of aromatic amines is 1. The summed E-state index contributed by atoms with van der Waals surface area (Å²) in [5.41, 5.74) is 1.65. The number of aromatic nitrogens is 3. The molecule has 1 aliphatic heterocycles. The first kappa shape index (κ1) is 10.2. The van der Waals surface area contributed by atoms with Crippen molar-refractivity contribution in [3.05, 3.63) is 24.3 Å². The number of nitrogens with one attached hydrogen (secondary N) is 1. The number of pyridine rings is 1. The summed E-state index contributed by atoms with van der Waals surface area (Å²) in [5, 5.41) is 8.85. The summed E-state index contributed by atoms with van der Waals surface area (Å²) >= 11 is 0. The van der Waals surface area contributed by atoms with Gasteiger partial charge in [0.15, 0.2) is 6.10 Å². The Balaban J connectivity index is 1.87. The molecule has 3 rings (SSSR count). The maximum Gasteiger partial charge on any atom is 0.332 e. The third-order valence-corrected chi connectivity index (χ3v) is 2.90. The lowest BCUT2D eigenvalue weighted by atomic mass is 10.2. The van der Waals surface area contributed by atoms with Gasteiger partial charge in [0.2, 0.25) is 0 Å². The molecule has 0 bridgehead atoms. The van der Waals surface area contributed by atoms with E-state index in [1.54, 1.807) is 18.5 Å². The number of carbonyl (C=O) groups is 1. The average Bonchev–Trinajstić information content (AvgIpc) is 2.95. The number of fused-ring (bicyclic) bond motifs is 1. The van der Waals surface area contributed by atoms with Crippen molar-refractivity contribution in [2.45, 2.75) is 25.0 Å². The highest BCUT2D eigenvalue weighted by Gasteiger charge is 2.32. The van der Waals surface area contributed by atoms with Crippen LogP contribution in [-0.4, -0.2) is 32.1 Å². The molecule has 1 fully saturated rings. The lowest BCUT2D eigenvalue weighted by molar-refractivity contribution is -0.149. The molecule has 2 aromatic heterocycles. The zero-order valence-electron chi connectivity index (χ0n) is 8.96. The van der Waals surface area contributed by atoms with Gasteiger partial charge in [0.25, 0.3) is 0 Å². The maximum atomic E-state index is 10.8. The van der Waals surface area contributed by atoms with E-state index in [4.69, 9.17) is 9.84 Å². The quantitative estimate of drug-likeness (QED) is 0.815. The Labute approximate surface area is 96.6 Å². The number of aliphatic carboxylic acids is 1. The van der Waals surface area contributed by atoms with Crippen molar-refractivity contribution in [3.8, 4) is 0 Å².